The van der Waals surface area contributed by atoms with E-state index < -0.39 is 4.92 Å². The Balaban J connectivity index is 1.57. The van der Waals surface area contributed by atoms with Gasteiger partial charge in [0.05, 0.1) is 9.82 Å². The zero-order chi connectivity index (χ0) is 20.2. The maximum Gasteiger partial charge on any atom is 0.284 e. The first-order valence-corrected chi connectivity index (χ1v) is 10.3. The SMILES string of the molecule is O=C(c1ccccc1)c1ccc(Sc2nnc(C3CCCCC3)o2)c([N+](=O)[O-])c1. The molecule has 1 aliphatic carbocycles. The van der Waals surface area contributed by atoms with E-state index in [0.717, 1.165) is 37.4 Å². The average molecular weight is 409 g/mol. The normalized spacial score (nSPS) is 14.6. The number of nitro groups is 1. The molecule has 0 N–H and O–H groups in total. The van der Waals surface area contributed by atoms with Crippen molar-refractivity contribution in [1.29, 1.82) is 0 Å². The minimum Gasteiger partial charge on any atom is -0.415 e. The van der Waals surface area contributed by atoms with Crippen LogP contribution in [0.4, 0.5) is 5.69 Å². The van der Waals surface area contributed by atoms with E-state index in [-0.39, 0.29) is 28.2 Å². The van der Waals surface area contributed by atoms with Crippen LogP contribution in [0.25, 0.3) is 0 Å². The van der Waals surface area contributed by atoms with Gasteiger partial charge in [0.2, 0.25) is 5.89 Å². The number of carbonyl (C=O) groups excluding carboxylic acids is 1. The summed E-state index contributed by atoms with van der Waals surface area (Å²) in [6.45, 7) is 0. The molecule has 0 bridgehead atoms. The maximum atomic E-state index is 12.6. The van der Waals surface area contributed by atoms with Crippen molar-refractivity contribution in [3.05, 3.63) is 75.7 Å². The van der Waals surface area contributed by atoms with Crippen molar-refractivity contribution in [2.45, 2.75) is 48.1 Å². The molecule has 1 aliphatic rings. The van der Waals surface area contributed by atoms with Gasteiger partial charge in [-0.3, -0.25) is 14.9 Å². The van der Waals surface area contributed by atoms with E-state index in [2.05, 4.69) is 10.2 Å². The first-order chi connectivity index (χ1) is 14.1. The number of hydrogen-bond acceptors (Lipinski definition) is 7. The van der Waals surface area contributed by atoms with E-state index in [9.17, 15) is 14.9 Å². The zero-order valence-electron chi connectivity index (χ0n) is 15.6. The van der Waals surface area contributed by atoms with Crippen LogP contribution in [0, 0.1) is 10.1 Å². The summed E-state index contributed by atoms with van der Waals surface area (Å²) in [5.74, 6) is 0.611. The molecule has 0 spiro atoms. The fourth-order valence-corrected chi connectivity index (χ4v) is 4.28. The van der Waals surface area contributed by atoms with E-state index in [1.807, 2.05) is 6.07 Å². The molecule has 1 fully saturated rings. The highest BCUT2D eigenvalue weighted by atomic mass is 32.2. The lowest BCUT2D eigenvalue weighted by molar-refractivity contribution is -0.387. The first-order valence-electron chi connectivity index (χ1n) is 9.51. The Morgan fingerprint density at radius 1 is 1.03 bits per heavy atom. The first kappa shape index (κ1) is 19.3. The number of benzene rings is 2. The number of nitrogens with zero attached hydrogens (tertiary/aromatic N) is 3. The van der Waals surface area contributed by atoms with Crippen LogP contribution in [0.15, 0.2) is 63.1 Å². The van der Waals surface area contributed by atoms with Crippen LogP contribution in [-0.2, 0) is 0 Å². The summed E-state index contributed by atoms with van der Waals surface area (Å²) in [5.41, 5.74) is 0.589. The molecule has 29 heavy (non-hydrogen) atoms. The molecular weight excluding hydrogens is 390 g/mol. The molecule has 0 amide bonds. The summed E-state index contributed by atoms with van der Waals surface area (Å²) in [7, 11) is 0. The molecule has 0 saturated heterocycles. The molecule has 1 aromatic heterocycles. The summed E-state index contributed by atoms with van der Waals surface area (Å²) in [6, 6.07) is 13.1. The van der Waals surface area contributed by atoms with Crippen LogP contribution in [-0.4, -0.2) is 20.9 Å². The van der Waals surface area contributed by atoms with Crippen molar-refractivity contribution in [3.8, 4) is 0 Å². The molecule has 4 rings (SSSR count). The van der Waals surface area contributed by atoms with Crippen LogP contribution in [0.5, 0.6) is 0 Å². The van der Waals surface area contributed by atoms with Gasteiger partial charge in [-0.15, -0.1) is 10.2 Å². The molecule has 8 heteroatoms. The van der Waals surface area contributed by atoms with Gasteiger partial charge in [-0.05, 0) is 36.7 Å². The number of aromatic nitrogens is 2. The van der Waals surface area contributed by atoms with Gasteiger partial charge in [0.1, 0.15) is 0 Å². The molecule has 1 saturated carbocycles. The second kappa shape index (κ2) is 8.57. The van der Waals surface area contributed by atoms with Crippen molar-refractivity contribution in [3.63, 3.8) is 0 Å². The largest absolute Gasteiger partial charge is 0.415 e. The van der Waals surface area contributed by atoms with Gasteiger partial charge in [-0.2, -0.15) is 0 Å². The van der Waals surface area contributed by atoms with E-state index in [0.29, 0.717) is 16.3 Å². The summed E-state index contributed by atoms with van der Waals surface area (Å²) in [6.07, 6.45) is 5.59. The molecule has 3 aromatic rings. The van der Waals surface area contributed by atoms with Crippen molar-refractivity contribution >= 4 is 23.2 Å². The van der Waals surface area contributed by atoms with Gasteiger partial charge in [-0.25, -0.2) is 0 Å². The molecule has 7 nitrogen and oxygen atoms in total. The Morgan fingerprint density at radius 2 is 1.79 bits per heavy atom. The molecule has 0 aliphatic heterocycles. The third-order valence-electron chi connectivity index (χ3n) is 5.03. The number of rotatable bonds is 6. The van der Waals surface area contributed by atoms with Gasteiger partial charge in [0.25, 0.3) is 10.9 Å². The molecule has 148 valence electrons. The summed E-state index contributed by atoms with van der Waals surface area (Å²) in [5, 5.41) is 20.0. The van der Waals surface area contributed by atoms with Gasteiger partial charge >= 0.3 is 0 Å². The van der Waals surface area contributed by atoms with Crippen molar-refractivity contribution < 1.29 is 14.1 Å². The van der Waals surface area contributed by atoms with Crippen LogP contribution >= 0.6 is 11.8 Å². The van der Waals surface area contributed by atoms with E-state index in [1.165, 1.54) is 12.5 Å². The minimum absolute atomic E-state index is 0.158. The van der Waals surface area contributed by atoms with Crippen LogP contribution in [0.2, 0.25) is 0 Å². The van der Waals surface area contributed by atoms with Crippen molar-refractivity contribution in [1.82, 2.24) is 10.2 Å². The molecule has 0 atom stereocenters. The van der Waals surface area contributed by atoms with Gasteiger partial charge in [0, 0.05) is 23.1 Å². The minimum atomic E-state index is -0.497. The van der Waals surface area contributed by atoms with Crippen LogP contribution in [0.1, 0.15) is 59.8 Å². The predicted octanol–water partition coefficient (Wildman–Crippen LogP) is 5.41. The lowest BCUT2D eigenvalue weighted by Gasteiger charge is -2.17. The highest BCUT2D eigenvalue weighted by Crippen LogP contribution is 2.37. The Bertz CT molecular complexity index is 1030. The standard InChI is InChI=1S/C21H19N3O4S/c25-19(14-7-3-1-4-8-14)16-11-12-18(17(13-16)24(26)27)29-21-23-22-20(28-21)15-9-5-2-6-10-15/h1,3-4,7-8,11-13,15H,2,5-6,9-10H2. The molecule has 2 aromatic carbocycles. The third kappa shape index (κ3) is 4.37. The molecule has 0 radical (unpaired) electrons. The van der Waals surface area contributed by atoms with Gasteiger partial charge < -0.3 is 4.42 Å². The molecular formula is C21H19N3O4S. The number of carbonyl (C=O) groups is 1. The predicted molar refractivity (Wildman–Crippen MR) is 107 cm³/mol. The summed E-state index contributed by atoms with van der Waals surface area (Å²) < 4.78 is 5.76. The second-order valence-electron chi connectivity index (χ2n) is 6.98. The summed E-state index contributed by atoms with van der Waals surface area (Å²) >= 11 is 1.05. The Labute approximate surface area is 171 Å². The lowest BCUT2D eigenvalue weighted by atomic mass is 9.89. The second-order valence-corrected chi connectivity index (χ2v) is 7.97. The zero-order valence-corrected chi connectivity index (χ0v) is 16.4. The smallest absolute Gasteiger partial charge is 0.284 e. The molecule has 0 unspecified atom stereocenters. The molecule has 1 heterocycles. The topological polar surface area (TPSA) is 99.1 Å². The Kier molecular flexibility index (Phi) is 5.71. The van der Waals surface area contributed by atoms with Crippen molar-refractivity contribution in [2.24, 2.45) is 0 Å². The average Bonchev–Trinajstić information content (AvgIpc) is 3.23. The van der Waals surface area contributed by atoms with Crippen molar-refractivity contribution in [2.75, 3.05) is 0 Å². The Morgan fingerprint density at radius 3 is 2.52 bits per heavy atom. The van der Waals surface area contributed by atoms with Crippen LogP contribution in [0.3, 0.4) is 0 Å². The monoisotopic (exact) mass is 409 g/mol. The summed E-state index contributed by atoms with van der Waals surface area (Å²) in [4.78, 5) is 24.1. The third-order valence-corrected chi connectivity index (χ3v) is 5.93. The lowest BCUT2D eigenvalue weighted by Crippen LogP contribution is -2.04. The van der Waals surface area contributed by atoms with Gasteiger partial charge in [0.15, 0.2) is 5.78 Å². The quantitative estimate of drug-likeness (QED) is 0.305. The number of hydrogen-bond donors (Lipinski definition) is 0. The van der Waals surface area contributed by atoms with Crippen LogP contribution < -0.4 is 0 Å². The fourth-order valence-electron chi connectivity index (χ4n) is 3.51. The highest BCUT2D eigenvalue weighted by molar-refractivity contribution is 7.99. The fraction of sp³-hybridized carbons (Fsp3) is 0.286. The number of ketones is 1. The van der Waals surface area contributed by atoms with E-state index in [1.54, 1.807) is 36.4 Å². The Hall–Kier alpha value is -3.00. The van der Waals surface area contributed by atoms with Gasteiger partial charge in [-0.1, -0.05) is 49.6 Å². The number of nitro benzene ring substituents is 1. The van der Waals surface area contributed by atoms with E-state index >= 15 is 0 Å². The van der Waals surface area contributed by atoms with E-state index in [4.69, 9.17) is 4.42 Å². The maximum absolute atomic E-state index is 12.6. The highest BCUT2D eigenvalue weighted by Gasteiger charge is 2.24.